The van der Waals surface area contributed by atoms with Crippen LogP contribution >= 0.6 is 22.9 Å². The van der Waals surface area contributed by atoms with Crippen molar-refractivity contribution in [2.24, 2.45) is 5.92 Å². The van der Waals surface area contributed by atoms with E-state index in [-0.39, 0.29) is 0 Å². The molecule has 0 aliphatic carbocycles. The third kappa shape index (κ3) is 3.72. The minimum absolute atomic E-state index is 0.591. The van der Waals surface area contributed by atoms with Crippen LogP contribution < -0.4 is 5.32 Å². The zero-order valence-corrected chi connectivity index (χ0v) is 10.1. The Morgan fingerprint density at radius 2 is 2.60 bits per heavy atom. The molecule has 0 unspecified atom stereocenters. The fraction of sp³-hybridized carbons (Fsp3) is 0.700. The van der Waals surface area contributed by atoms with Crippen LogP contribution in [0.1, 0.15) is 17.7 Å². The highest BCUT2D eigenvalue weighted by Crippen LogP contribution is 2.19. The van der Waals surface area contributed by atoms with Crippen molar-refractivity contribution in [1.82, 2.24) is 10.3 Å². The van der Waals surface area contributed by atoms with Crippen LogP contribution in [0.15, 0.2) is 6.20 Å². The van der Waals surface area contributed by atoms with Crippen LogP contribution in [0.5, 0.6) is 0 Å². The summed E-state index contributed by atoms with van der Waals surface area (Å²) in [6.45, 7) is 3.72. The summed E-state index contributed by atoms with van der Waals surface area (Å²) in [6, 6.07) is 0. The van der Waals surface area contributed by atoms with E-state index in [2.05, 4.69) is 10.3 Å². The molecule has 0 amide bonds. The van der Waals surface area contributed by atoms with E-state index in [1.165, 1.54) is 24.2 Å². The highest BCUT2D eigenvalue weighted by molar-refractivity contribution is 7.15. The van der Waals surface area contributed by atoms with Gasteiger partial charge in [-0.25, -0.2) is 4.98 Å². The van der Waals surface area contributed by atoms with Crippen molar-refractivity contribution >= 4 is 22.9 Å². The van der Waals surface area contributed by atoms with Crippen molar-refractivity contribution in [2.75, 3.05) is 19.7 Å². The molecule has 0 saturated carbocycles. The first-order chi connectivity index (χ1) is 7.34. The number of piperidine rings is 1. The average Bonchev–Trinajstić information content (AvgIpc) is 2.66. The third-order valence-electron chi connectivity index (χ3n) is 2.52. The minimum Gasteiger partial charge on any atom is -0.376 e. The maximum absolute atomic E-state index is 5.73. The minimum atomic E-state index is 0.591. The SMILES string of the molecule is Clc1ncc(COC[C@H]2CCCNC2)s1. The van der Waals surface area contributed by atoms with E-state index in [4.69, 9.17) is 16.3 Å². The number of nitrogens with zero attached hydrogens (tertiary/aromatic N) is 1. The molecule has 0 aromatic carbocycles. The molecule has 2 rings (SSSR count). The lowest BCUT2D eigenvalue weighted by atomic mass is 10.0. The zero-order chi connectivity index (χ0) is 10.5. The van der Waals surface area contributed by atoms with Gasteiger partial charge in [0, 0.05) is 12.7 Å². The number of thiazole rings is 1. The third-order valence-corrected chi connectivity index (χ3v) is 3.61. The summed E-state index contributed by atoms with van der Waals surface area (Å²) >= 11 is 7.22. The van der Waals surface area contributed by atoms with Crippen LogP contribution in [0.2, 0.25) is 4.47 Å². The first-order valence-corrected chi connectivity index (χ1v) is 6.42. The van der Waals surface area contributed by atoms with E-state index < -0.39 is 0 Å². The van der Waals surface area contributed by atoms with E-state index in [9.17, 15) is 0 Å². The standard InChI is InChI=1S/C10H15ClN2OS/c11-10-13-5-9(15-10)7-14-6-8-2-1-3-12-4-8/h5,8,12H,1-4,6-7H2/t8-/m0/s1. The second-order valence-corrected chi connectivity index (χ2v) is 5.50. The Kier molecular flexibility index (Phi) is 4.38. The second-order valence-electron chi connectivity index (χ2n) is 3.81. The van der Waals surface area contributed by atoms with Gasteiger partial charge in [-0.15, -0.1) is 11.3 Å². The molecule has 1 aromatic heterocycles. The largest absolute Gasteiger partial charge is 0.376 e. The fourth-order valence-corrected chi connectivity index (χ4v) is 2.66. The molecule has 3 nitrogen and oxygen atoms in total. The van der Waals surface area contributed by atoms with E-state index in [0.717, 1.165) is 24.6 Å². The molecule has 1 aliphatic rings. The zero-order valence-electron chi connectivity index (χ0n) is 8.54. The number of aromatic nitrogens is 1. The number of rotatable bonds is 4. The molecule has 1 saturated heterocycles. The number of nitrogens with one attached hydrogen (secondary N) is 1. The highest BCUT2D eigenvalue weighted by Gasteiger charge is 2.12. The van der Waals surface area contributed by atoms with Gasteiger partial charge in [-0.05, 0) is 25.3 Å². The average molecular weight is 247 g/mol. The molecule has 84 valence electrons. The van der Waals surface area contributed by atoms with Gasteiger partial charge >= 0.3 is 0 Å². The molecule has 5 heteroatoms. The van der Waals surface area contributed by atoms with Crippen molar-refractivity contribution in [3.05, 3.63) is 15.5 Å². The van der Waals surface area contributed by atoms with Crippen LogP contribution in [0.4, 0.5) is 0 Å². The molecule has 0 spiro atoms. The van der Waals surface area contributed by atoms with Gasteiger partial charge in [0.25, 0.3) is 0 Å². The summed E-state index contributed by atoms with van der Waals surface area (Å²) < 4.78 is 6.23. The van der Waals surface area contributed by atoms with Crippen LogP contribution in [0.3, 0.4) is 0 Å². The first-order valence-electron chi connectivity index (χ1n) is 5.23. The first kappa shape index (κ1) is 11.3. The fourth-order valence-electron chi connectivity index (χ4n) is 1.74. The Morgan fingerprint density at radius 1 is 1.67 bits per heavy atom. The predicted molar refractivity (Wildman–Crippen MR) is 62.4 cm³/mol. The maximum Gasteiger partial charge on any atom is 0.183 e. The van der Waals surface area contributed by atoms with Crippen LogP contribution in [0.25, 0.3) is 0 Å². The number of ether oxygens (including phenoxy) is 1. The Morgan fingerprint density at radius 3 is 3.27 bits per heavy atom. The summed E-state index contributed by atoms with van der Waals surface area (Å²) in [5.74, 6) is 0.669. The van der Waals surface area contributed by atoms with Crippen LogP contribution in [-0.4, -0.2) is 24.7 Å². The topological polar surface area (TPSA) is 34.1 Å². The lowest BCUT2D eigenvalue weighted by molar-refractivity contribution is 0.0798. The molecule has 1 aliphatic heterocycles. The van der Waals surface area contributed by atoms with Gasteiger partial charge < -0.3 is 10.1 Å². The van der Waals surface area contributed by atoms with Crippen molar-refractivity contribution in [2.45, 2.75) is 19.4 Å². The Labute approximate surface area is 98.8 Å². The van der Waals surface area contributed by atoms with Crippen LogP contribution in [-0.2, 0) is 11.3 Å². The normalized spacial score (nSPS) is 21.8. The van der Waals surface area contributed by atoms with Gasteiger partial charge in [-0.2, -0.15) is 0 Å². The molecular weight excluding hydrogens is 232 g/mol. The van der Waals surface area contributed by atoms with E-state index in [1.807, 2.05) is 0 Å². The molecule has 1 fully saturated rings. The highest BCUT2D eigenvalue weighted by atomic mass is 35.5. The molecule has 2 heterocycles. The van der Waals surface area contributed by atoms with Gasteiger partial charge in [0.2, 0.25) is 0 Å². The molecular formula is C10H15ClN2OS. The lowest BCUT2D eigenvalue weighted by Gasteiger charge is -2.22. The van der Waals surface area contributed by atoms with Gasteiger partial charge in [0.1, 0.15) is 0 Å². The van der Waals surface area contributed by atoms with Crippen LogP contribution in [0, 0.1) is 5.92 Å². The Balaban J connectivity index is 1.65. The smallest absolute Gasteiger partial charge is 0.183 e. The molecule has 0 bridgehead atoms. The molecule has 15 heavy (non-hydrogen) atoms. The summed E-state index contributed by atoms with van der Waals surface area (Å²) in [5.41, 5.74) is 0. The van der Waals surface area contributed by atoms with E-state index in [0.29, 0.717) is 17.0 Å². The molecule has 0 radical (unpaired) electrons. The summed E-state index contributed by atoms with van der Waals surface area (Å²) in [6.07, 6.45) is 4.32. The summed E-state index contributed by atoms with van der Waals surface area (Å²) in [5, 5.41) is 3.38. The van der Waals surface area contributed by atoms with Gasteiger partial charge in [0.05, 0.1) is 18.1 Å². The van der Waals surface area contributed by atoms with Gasteiger partial charge in [0.15, 0.2) is 4.47 Å². The maximum atomic E-state index is 5.73. The Hall–Kier alpha value is -0.160. The predicted octanol–water partition coefficient (Wildman–Crippen LogP) is 2.31. The quantitative estimate of drug-likeness (QED) is 0.886. The lowest BCUT2D eigenvalue weighted by Crippen LogP contribution is -2.32. The van der Waals surface area contributed by atoms with Crippen molar-refractivity contribution in [3.8, 4) is 0 Å². The van der Waals surface area contributed by atoms with Gasteiger partial charge in [-0.3, -0.25) is 0 Å². The van der Waals surface area contributed by atoms with E-state index >= 15 is 0 Å². The van der Waals surface area contributed by atoms with Crippen molar-refractivity contribution in [1.29, 1.82) is 0 Å². The number of hydrogen-bond donors (Lipinski definition) is 1. The van der Waals surface area contributed by atoms with Gasteiger partial charge in [-0.1, -0.05) is 11.6 Å². The summed E-state index contributed by atoms with van der Waals surface area (Å²) in [7, 11) is 0. The second kappa shape index (κ2) is 5.80. The molecule has 1 N–H and O–H groups in total. The summed E-state index contributed by atoms with van der Waals surface area (Å²) in [4.78, 5) is 5.07. The number of halogens is 1. The monoisotopic (exact) mass is 246 g/mol. The Bertz CT molecular complexity index is 299. The van der Waals surface area contributed by atoms with Crippen molar-refractivity contribution < 1.29 is 4.74 Å². The molecule has 1 atom stereocenters. The number of hydrogen-bond acceptors (Lipinski definition) is 4. The van der Waals surface area contributed by atoms with Crippen molar-refractivity contribution in [3.63, 3.8) is 0 Å². The van der Waals surface area contributed by atoms with E-state index in [1.54, 1.807) is 6.20 Å². The molecule has 1 aromatic rings.